The van der Waals surface area contributed by atoms with Crippen molar-refractivity contribution in [3.8, 4) is 0 Å². The van der Waals surface area contributed by atoms with E-state index in [0.717, 1.165) is 35.8 Å². The van der Waals surface area contributed by atoms with Crippen LogP contribution in [0.2, 0.25) is 0 Å². The number of halogens is 1. The third-order valence-corrected chi connectivity index (χ3v) is 4.97. The summed E-state index contributed by atoms with van der Waals surface area (Å²) >= 11 is 1.45. The molecule has 2 heterocycles. The zero-order chi connectivity index (χ0) is 15.5. The van der Waals surface area contributed by atoms with Crippen LogP contribution in [-0.2, 0) is 11.2 Å². The van der Waals surface area contributed by atoms with Crippen LogP contribution in [0.1, 0.15) is 37.3 Å². The Balaban J connectivity index is 1.70. The maximum absolute atomic E-state index is 13.1. The molecular weight excluding hydrogens is 301 g/mol. The van der Waals surface area contributed by atoms with Gasteiger partial charge in [0, 0.05) is 37.6 Å². The minimum atomic E-state index is -0.214. The lowest BCUT2D eigenvalue weighted by atomic mass is 9.97. The highest BCUT2D eigenvalue weighted by Gasteiger charge is 2.28. The van der Waals surface area contributed by atoms with Crippen molar-refractivity contribution in [1.29, 1.82) is 0 Å². The van der Waals surface area contributed by atoms with Crippen LogP contribution in [0.5, 0.6) is 0 Å². The predicted molar refractivity (Wildman–Crippen MR) is 85.8 cm³/mol. The fraction of sp³-hybridized carbons (Fsp3) is 0.500. The zero-order valence-electron chi connectivity index (χ0n) is 12.8. The van der Waals surface area contributed by atoms with Crippen LogP contribution in [-0.4, -0.2) is 29.1 Å². The van der Waals surface area contributed by atoms with Gasteiger partial charge >= 0.3 is 0 Å². The average Bonchev–Trinajstić information content (AvgIpc) is 3.04. The molecule has 118 valence electrons. The van der Waals surface area contributed by atoms with Crippen molar-refractivity contribution in [2.24, 2.45) is 0 Å². The largest absolute Gasteiger partial charge is 0.373 e. The molecule has 1 aliphatic heterocycles. The van der Waals surface area contributed by atoms with Gasteiger partial charge < -0.3 is 9.64 Å². The van der Waals surface area contributed by atoms with Gasteiger partial charge in [-0.15, -0.1) is 0 Å². The Morgan fingerprint density at radius 2 is 2.14 bits per heavy atom. The summed E-state index contributed by atoms with van der Waals surface area (Å²) in [6.07, 6.45) is 2.72. The maximum Gasteiger partial charge on any atom is 0.205 e. The molecule has 0 aliphatic carbocycles. The molecule has 0 bridgehead atoms. The van der Waals surface area contributed by atoms with E-state index in [2.05, 4.69) is 28.2 Å². The van der Waals surface area contributed by atoms with Crippen LogP contribution in [0.3, 0.4) is 0 Å². The Labute approximate surface area is 134 Å². The zero-order valence-corrected chi connectivity index (χ0v) is 13.6. The number of nitrogens with zero attached hydrogens (tertiary/aromatic N) is 3. The van der Waals surface area contributed by atoms with Gasteiger partial charge in [-0.25, -0.2) is 9.37 Å². The third kappa shape index (κ3) is 3.28. The lowest BCUT2D eigenvalue weighted by Crippen LogP contribution is -2.37. The van der Waals surface area contributed by atoms with E-state index < -0.39 is 0 Å². The Kier molecular flexibility index (Phi) is 4.69. The molecule has 1 saturated heterocycles. The smallest absolute Gasteiger partial charge is 0.205 e. The van der Waals surface area contributed by atoms with Crippen LogP contribution >= 0.6 is 11.5 Å². The Morgan fingerprint density at radius 1 is 1.36 bits per heavy atom. The van der Waals surface area contributed by atoms with E-state index in [1.165, 1.54) is 23.7 Å². The highest BCUT2D eigenvalue weighted by Crippen LogP contribution is 2.32. The first-order valence-corrected chi connectivity index (χ1v) is 8.37. The predicted octanol–water partition coefficient (Wildman–Crippen LogP) is 3.60. The van der Waals surface area contributed by atoms with E-state index in [4.69, 9.17) is 4.74 Å². The summed E-state index contributed by atoms with van der Waals surface area (Å²) < 4.78 is 23.3. The molecule has 0 unspecified atom stereocenters. The molecule has 4 nitrogen and oxygen atoms in total. The Hall–Kier alpha value is -1.53. The van der Waals surface area contributed by atoms with E-state index in [9.17, 15) is 4.39 Å². The summed E-state index contributed by atoms with van der Waals surface area (Å²) in [4.78, 5) is 6.76. The van der Waals surface area contributed by atoms with Gasteiger partial charge in [-0.05, 0) is 30.5 Å². The SMILES string of the molecule is CCc1nsc(N(C)[C@H]2CCO[C@@H](c3ccc(F)cc3)C2)n1. The lowest BCUT2D eigenvalue weighted by molar-refractivity contribution is 0.00588. The number of anilines is 1. The number of aryl methyl sites for hydroxylation is 1. The summed E-state index contributed by atoms with van der Waals surface area (Å²) in [7, 11) is 2.07. The summed E-state index contributed by atoms with van der Waals surface area (Å²) in [6.45, 7) is 2.77. The molecule has 1 aromatic carbocycles. The normalized spacial score (nSPS) is 21.8. The van der Waals surface area contributed by atoms with Crippen molar-refractivity contribution in [3.05, 3.63) is 41.5 Å². The van der Waals surface area contributed by atoms with Gasteiger partial charge in [0.25, 0.3) is 0 Å². The minimum Gasteiger partial charge on any atom is -0.373 e. The van der Waals surface area contributed by atoms with E-state index in [-0.39, 0.29) is 11.9 Å². The van der Waals surface area contributed by atoms with Crippen molar-refractivity contribution >= 4 is 16.7 Å². The maximum atomic E-state index is 13.1. The average molecular weight is 321 g/mol. The fourth-order valence-electron chi connectivity index (χ4n) is 2.73. The molecule has 1 fully saturated rings. The van der Waals surface area contributed by atoms with Crippen molar-refractivity contribution in [1.82, 2.24) is 9.36 Å². The van der Waals surface area contributed by atoms with E-state index in [0.29, 0.717) is 12.6 Å². The molecule has 0 saturated carbocycles. The van der Waals surface area contributed by atoms with Gasteiger partial charge in [-0.2, -0.15) is 4.37 Å². The topological polar surface area (TPSA) is 38.2 Å². The first-order valence-electron chi connectivity index (χ1n) is 7.60. The highest BCUT2D eigenvalue weighted by molar-refractivity contribution is 7.09. The number of benzene rings is 1. The molecule has 0 N–H and O–H groups in total. The molecule has 1 aliphatic rings. The van der Waals surface area contributed by atoms with Gasteiger partial charge in [0.15, 0.2) is 0 Å². The molecule has 3 rings (SSSR count). The van der Waals surface area contributed by atoms with Crippen molar-refractivity contribution < 1.29 is 9.13 Å². The molecule has 6 heteroatoms. The fourth-order valence-corrected chi connectivity index (χ4v) is 3.51. The van der Waals surface area contributed by atoms with Gasteiger partial charge in [0.2, 0.25) is 5.13 Å². The minimum absolute atomic E-state index is 0.0142. The van der Waals surface area contributed by atoms with Crippen LogP contribution < -0.4 is 4.90 Å². The van der Waals surface area contributed by atoms with E-state index in [1.807, 2.05) is 12.1 Å². The number of hydrogen-bond acceptors (Lipinski definition) is 5. The summed E-state index contributed by atoms with van der Waals surface area (Å²) in [5.74, 6) is 0.683. The summed E-state index contributed by atoms with van der Waals surface area (Å²) in [5, 5.41) is 0.960. The van der Waals surface area contributed by atoms with Gasteiger partial charge in [0.05, 0.1) is 6.10 Å². The molecule has 1 aromatic heterocycles. The molecular formula is C16H20FN3OS. The van der Waals surface area contributed by atoms with Crippen LogP contribution in [0.4, 0.5) is 9.52 Å². The molecule has 2 aromatic rings. The number of rotatable bonds is 4. The number of aromatic nitrogens is 2. The highest BCUT2D eigenvalue weighted by atomic mass is 32.1. The van der Waals surface area contributed by atoms with E-state index >= 15 is 0 Å². The van der Waals surface area contributed by atoms with Crippen LogP contribution in [0, 0.1) is 5.82 Å². The van der Waals surface area contributed by atoms with Crippen LogP contribution in [0.15, 0.2) is 24.3 Å². The standard InChI is InChI=1S/C16H20FN3OS/c1-3-15-18-16(22-19-15)20(2)13-8-9-21-14(10-13)11-4-6-12(17)7-5-11/h4-7,13-14H,3,8-10H2,1-2H3/t13-,14+/m0/s1. The first-order chi connectivity index (χ1) is 10.7. The molecule has 2 atom stereocenters. The number of ether oxygens (including phenoxy) is 1. The van der Waals surface area contributed by atoms with Crippen LogP contribution in [0.25, 0.3) is 0 Å². The Bertz CT molecular complexity index is 616. The van der Waals surface area contributed by atoms with Gasteiger partial charge in [0.1, 0.15) is 11.6 Å². The van der Waals surface area contributed by atoms with Crippen molar-refractivity contribution in [3.63, 3.8) is 0 Å². The molecule has 0 amide bonds. The molecule has 22 heavy (non-hydrogen) atoms. The van der Waals surface area contributed by atoms with Gasteiger partial charge in [-0.1, -0.05) is 19.1 Å². The Morgan fingerprint density at radius 3 is 2.82 bits per heavy atom. The quantitative estimate of drug-likeness (QED) is 0.862. The molecule has 0 spiro atoms. The second-order valence-electron chi connectivity index (χ2n) is 5.55. The van der Waals surface area contributed by atoms with Gasteiger partial charge in [-0.3, -0.25) is 0 Å². The second-order valence-corrected chi connectivity index (χ2v) is 6.28. The molecule has 0 radical (unpaired) electrons. The first kappa shape index (κ1) is 15.4. The summed E-state index contributed by atoms with van der Waals surface area (Å²) in [5.41, 5.74) is 1.03. The summed E-state index contributed by atoms with van der Waals surface area (Å²) in [6, 6.07) is 6.96. The third-order valence-electron chi connectivity index (χ3n) is 4.12. The van der Waals surface area contributed by atoms with Crippen molar-refractivity contribution in [2.75, 3.05) is 18.6 Å². The van der Waals surface area contributed by atoms with E-state index in [1.54, 1.807) is 0 Å². The lowest BCUT2D eigenvalue weighted by Gasteiger charge is -2.35. The van der Waals surface area contributed by atoms with Crippen molar-refractivity contribution in [2.45, 2.75) is 38.3 Å². The second kappa shape index (κ2) is 6.71. The monoisotopic (exact) mass is 321 g/mol. The number of hydrogen-bond donors (Lipinski definition) is 0.